The predicted molar refractivity (Wildman–Crippen MR) is 117 cm³/mol. The molecule has 10 heteroatoms. The van der Waals surface area contributed by atoms with Crippen LogP contribution in [0.2, 0.25) is 0 Å². The Hall–Kier alpha value is -3.17. The summed E-state index contributed by atoms with van der Waals surface area (Å²) in [4.78, 5) is 32.5. The van der Waals surface area contributed by atoms with Gasteiger partial charge in [0.05, 0.1) is 31.2 Å². The molecule has 0 bridgehead atoms. The zero-order chi connectivity index (χ0) is 23.9. The van der Waals surface area contributed by atoms with Gasteiger partial charge >= 0.3 is 0 Å². The van der Waals surface area contributed by atoms with E-state index in [1.807, 2.05) is 4.90 Å². The molecule has 1 spiro atoms. The van der Waals surface area contributed by atoms with Crippen molar-refractivity contribution in [3.63, 3.8) is 0 Å². The van der Waals surface area contributed by atoms with Crippen LogP contribution >= 0.6 is 0 Å². The molecule has 180 valence electrons. The second kappa shape index (κ2) is 8.88. The molecule has 7 nitrogen and oxygen atoms in total. The molecule has 1 aromatic heterocycles. The molecule has 2 aliphatic heterocycles. The first-order valence-corrected chi connectivity index (χ1v) is 11.5. The maximum atomic E-state index is 13.9. The predicted octanol–water partition coefficient (Wildman–Crippen LogP) is 2.87. The number of rotatable bonds is 5. The third-order valence-corrected chi connectivity index (χ3v) is 7.41. The zero-order valence-electron chi connectivity index (χ0n) is 18.6. The molecule has 2 aromatic rings. The largest absolute Gasteiger partial charge is 0.364 e. The van der Waals surface area contributed by atoms with Crippen molar-refractivity contribution in [1.29, 1.82) is 0 Å². The molecule has 2 saturated heterocycles. The van der Waals surface area contributed by atoms with Crippen LogP contribution in [0, 0.1) is 11.7 Å². The van der Waals surface area contributed by atoms with Crippen molar-refractivity contribution in [2.45, 2.75) is 50.2 Å². The van der Waals surface area contributed by atoms with Crippen molar-refractivity contribution in [2.75, 3.05) is 24.5 Å². The van der Waals surface area contributed by atoms with Gasteiger partial charge in [0.2, 0.25) is 12.3 Å². The topological polar surface area (TPSA) is 69.6 Å². The van der Waals surface area contributed by atoms with E-state index in [0.29, 0.717) is 38.8 Å². The Morgan fingerprint density at radius 1 is 1.00 bits per heavy atom. The minimum absolute atomic E-state index is 0.0669. The highest BCUT2D eigenvalue weighted by atomic mass is 19.3. The maximum Gasteiger partial charge on any atom is 0.252 e. The maximum absolute atomic E-state index is 13.9. The van der Waals surface area contributed by atoms with Crippen LogP contribution in [-0.2, 0) is 16.1 Å². The summed E-state index contributed by atoms with van der Waals surface area (Å²) in [6, 6.07) is 7.48. The van der Waals surface area contributed by atoms with Gasteiger partial charge in [-0.2, -0.15) is 10.2 Å². The van der Waals surface area contributed by atoms with Gasteiger partial charge in [0.15, 0.2) is 5.54 Å². The molecule has 1 aromatic carbocycles. The summed E-state index contributed by atoms with van der Waals surface area (Å²) in [5.41, 5.74) is 0.473. The molecule has 3 fully saturated rings. The summed E-state index contributed by atoms with van der Waals surface area (Å²) in [5.74, 6) is -1.35. The van der Waals surface area contributed by atoms with E-state index in [1.54, 1.807) is 40.4 Å². The average molecular weight is 473 g/mol. The lowest BCUT2D eigenvalue weighted by atomic mass is 9.80. The van der Waals surface area contributed by atoms with Crippen molar-refractivity contribution in [3.05, 3.63) is 54.1 Å². The van der Waals surface area contributed by atoms with Gasteiger partial charge in [-0.15, -0.1) is 0 Å². The lowest BCUT2D eigenvalue weighted by molar-refractivity contribution is -0.171. The molecule has 1 aliphatic carbocycles. The smallest absolute Gasteiger partial charge is 0.252 e. The number of amides is 2. The summed E-state index contributed by atoms with van der Waals surface area (Å²) in [7, 11) is 0. The number of halogens is 3. The number of aromatic nitrogens is 2. The van der Waals surface area contributed by atoms with E-state index in [0.717, 1.165) is 11.3 Å². The van der Waals surface area contributed by atoms with Gasteiger partial charge in [-0.1, -0.05) is 12.1 Å². The van der Waals surface area contributed by atoms with E-state index in [2.05, 4.69) is 10.2 Å². The van der Waals surface area contributed by atoms with Gasteiger partial charge in [0, 0.05) is 18.5 Å². The number of alkyl halides is 2. The van der Waals surface area contributed by atoms with Gasteiger partial charge in [0.1, 0.15) is 12.4 Å². The number of piperazine rings is 1. The molecule has 3 aliphatic rings. The van der Waals surface area contributed by atoms with Gasteiger partial charge in [-0.3, -0.25) is 9.59 Å². The molecule has 34 heavy (non-hydrogen) atoms. The lowest BCUT2D eigenvalue weighted by Crippen LogP contribution is -2.81. The first-order chi connectivity index (χ1) is 16.4. The fraction of sp³-hybridized carbons (Fsp3) is 0.500. The van der Waals surface area contributed by atoms with E-state index in [4.69, 9.17) is 0 Å². The quantitative estimate of drug-likeness (QED) is 0.668. The number of carbonyl (C=O) groups is 2. The van der Waals surface area contributed by atoms with Crippen molar-refractivity contribution < 1.29 is 22.8 Å². The zero-order valence-corrected chi connectivity index (χ0v) is 18.6. The van der Waals surface area contributed by atoms with E-state index < -0.39 is 17.9 Å². The van der Waals surface area contributed by atoms with E-state index in [9.17, 15) is 22.8 Å². The summed E-state index contributed by atoms with van der Waals surface area (Å²) in [6.45, 7) is 0.725. The van der Waals surface area contributed by atoms with Crippen molar-refractivity contribution in [1.82, 2.24) is 20.0 Å². The van der Waals surface area contributed by atoms with Crippen molar-refractivity contribution in [2.24, 2.45) is 5.92 Å². The van der Waals surface area contributed by atoms with Gasteiger partial charge in [0.25, 0.3) is 5.91 Å². The number of hydrogen-bond donors (Lipinski definition) is 0. The summed E-state index contributed by atoms with van der Waals surface area (Å²) in [5, 5.41) is 7.68. The first kappa shape index (κ1) is 22.6. The second-order valence-corrected chi connectivity index (χ2v) is 9.43. The molecule has 0 N–H and O–H groups in total. The van der Waals surface area contributed by atoms with E-state index in [1.165, 1.54) is 12.1 Å². The highest BCUT2D eigenvalue weighted by molar-refractivity contribution is 6.00. The molecule has 1 saturated carbocycles. The van der Waals surface area contributed by atoms with Crippen LogP contribution < -0.4 is 4.90 Å². The van der Waals surface area contributed by atoms with E-state index in [-0.39, 0.29) is 36.8 Å². The third-order valence-electron chi connectivity index (χ3n) is 7.41. The van der Waals surface area contributed by atoms with Crippen LogP contribution in [0.1, 0.15) is 31.2 Å². The fourth-order valence-corrected chi connectivity index (χ4v) is 5.44. The summed E-state index contributed by atoms with van der Waals surface area (Å²) in [6.07, 6.45) is 2.46. The van der Waals surface area contributed by atoms with Crippen molar-refractivity contribution in [3.8, 4) is 0 Å². The molecule has 0 atom stereocenters. The number of hydrogen-bond acceptors (Lipinski definition) is 5. The average Bonchev–Trinajstić information content (AvgIpc) is 2.82. The minimum atomic E-state index is -2.36. The molecular formula is C24H26F3N5O2. The summed E-state index contributed by atoms with van der Waals surface area (Å²) >= 11 is 0. The SMILES string of the molecule is O=C1CN(C2CCC(C(F)F)CC2)C(=O)C2(CN(c3ccnnc3)C2)N1Cc1ccc(F)cc1. The number of anilines is 1. The molecule has 3 heterocycles. The monoisotopic (exact) mass is 473 g/mol. The standard InChI is InChI=1S/C24H26F3N5O2/c25-18-5-1-16(2-6-18)12-32-21(33)13-31(19-7-3-17(4-8-19)22(26)27)23(34)24(32)14-30(15-24)20-9-10-28-29-11-20/h1-2,5-6,9-11,17,19,22H,3-4,7-8,12-15H2. The number of carbonyl (C=O) groups excluding carboxylic acids is 2. The van der Waals surface area contributed by atoms with Crippen molar-refractivity contribution >= 4 is 17.5 Å². The number of benzene rings is 1. The summed E-state index contributed by atoms with van der Waals surface area (Å²) < 4.78 is 39.6. The molecule has 0 unspecified atom stereocenters. The van der Waals surface area contributed by atoms with Gasteiger partial charge < -0.3 is 14.7 Å². The third kappa shape index (κ3) is 3.99. The van der Waals surface area contributed by atoms with Gasteiger partial charge in [-0.25, -0.2) is 13.2 Å². The molecular weight excluding hydrogens is 447 g/mol. The second-order valence-electron chi connectivity index (χ2n) is 9.43. The van der Waals surface area contributed by atoms with Crippen LogP contribution in [0.5, 0.6) is 0 Å². The number of nitrogens with zero attached hydrogens (tertiary/aromatic N) is 5. The Kier molecular flexibility index (Phi) is 5.91. The van der Waals surface area contributed by atoms with Gasteiger partial charge in [-0.05, 0) is 49.4 Å². The first-order valence-electron chi connectivity index (χ1n) is 11.5. The van der Waals surface area contributed by atoms with Crippen LogP contribution in [0.4, 0.5) is 18.9 Å². The Labute approximate surface area is 195 Å². The van der Waals surface area contributed by atoms with Crippen LogP contribution in [0.3, 0.4) is 0 Å². The molecule has 5 rings (SSSR count). The van der Waals surface area contributed by atoms with E-state index >= 15 is 0 Å². The Balaban J connectivity index is 1.40. The Morgan fingerprint density at radius 3 is 2.32 bits per heavy atom. The Bertz CT molecular complexity index is 1040. The minimum Gasteiger partial charge on any atom is -0.364 e. The van der Waals surface area contributed by atoms with Crippen LogP contribution in [0.15, 0.2) is 42.7 Å². The molecule has 0 radical (unpaired) electrons. The lowest BCUT2D eigenvalue weighted by Gasteiger charge is -2.59. The normalized spacial score (nSPS) is 24.6. The Morgan fingerprint density at radius 2 is 1.71 bits per heavy atom. The fourth-order valence-electron chi connectivity index (χ4n) is 5.44. The van der Waals surface area contributed by atoms with Crippen LogP contribution in [-0.4, -0.2) is 69.5 Å². The highest BCUT2D eigenvalue weighted by Crippen LogP contribution is 2.40. The molecule has 2 amide bonds. The highest BCUT2D eigenvalue weighted by Gasteiger charge is 2.60. The van der Waals surface area contributed by atoms with Crippen LogP contribution in [0.25, 0.3) is 0 Å².